The minimum Gasteiger partial charge on any atom is -0.465 e. The highest BCUT2D eigenvalue weighted by molar-refractivity contribution is 8.00. The number of halogens is 2. The van der Waals surface area contributed by atoms with E-state index in [1.165, 1.54) is 41.4 Å². The summed E-state index contributed by atoms with van der Waals surface area (Å²) in [6.07, 6.45) is 0. The lowest BCUT2D eigenvalue weighted by atomic mass is 10.2. The molecule has 0 spiro atoms. The second kappa shape index (κ2) is 9.29. The Labute approximate surface area is 171 Å². The highest BCUT2D eigenvalue weighted by Crippen LogP contribution is 2.23. The molecule has 0 saturated carbocycles. The van der Waals surface area contributed by atoms with Crippen molar-refractivity contribution in [2.45, 2.75) is 10.9 Å². The van der Waals surface area contributed by atoms with Gasteiger partial charge in [-0.1, -0.05) is 12.1 Å². The van der Waals surface area contributed by atoms with Gasteiger partial charge in [0.1, 0.15) is 13.1 Å². The molecule has 152 valence electrons. The van der Waals surface area contributed by atoms with Crippen molar-refractivity contribution in [3.63, 3.8) is 0 Å². The quantitative estimate of drug-likeness (QED) is 0.286. The lowest BCUT2D eigenvalue weighted by molar-refractivity contribution is -0.750. The molecule has 0 aliphatic carbocycles. The third-order valence-corrected chi connectivity index (χ3v) is 7.97. The Bertz CT molecular complexity index is 930. The van der Waals surface area contributed by atoms with Crippen LogP contribution in [0, 0.1) is 11.6 Å². The molecule has 3 rings (SSSR count). The number of nitrogens with one attached hydrogen (secondary N) is 3. The maximum Gasteiger partial charge on any atom is 0.362 e. The van der Waals surface area contributed by atoms with Crippen molar-refractivity contribution in [3.8, 4) is 5.88 Å². The lowest BCUT2D eigenvalue weighted by Crippen LogP contribution is -3.08. The van der Waals surface area contributed by atoms with E-state index >= 15 is 0 Å². The molecule has 6 nitrogen and oxygen atoms in total. The fourth-order valence-electron chi connectivity index (χ4n) is 2.53. The Kier molecular flexibility index (Phi) is 7.02. The zero-order valence-corrected chi connectivity index (χ0v) is 17.7. The molecule has 2 aromatic rings. The molecular weight excluding hydrogens is 426 g/mol. The van der Waals surface area contributed by atoms with Crippen LogP contribution in [-0.2, 0) is 15.3 Å². The second-order valence-electron chi connectivity index (χ2n) is 6.26. The molecule has 1 aliphatic heterocycles. The van der Waals surface area contributed by atoms with E-state index in [1.807, 2.05) is 0 Å². The molecule has 1 saturated heterocycles. The van der Waals surface area contributed by atoms with Crippen LogP contribution in [0.25, 0.3) is 0 Å². The molecule has 3 N–H and O–H groups in total. The number of methoxy groups -OCH3 is 1. The lowest BCUT2D eigenvalue weighted by Gasteiger charge is -2.22. The summed E-state index contributed by atoms with van der Waals surface area (Å²) in [6.45, 7) is 1.52. The third kappa shape index (κ3) is 5.72. The summed E-state index contributed by atoms with van der Waals surface area (Å²) in [5, 5.41) is 0.514. The predicted molar refractivity (Wildman–Crippen MR) is 110 cm³/mol. The molecule has 0 bridgehead atoms. The summed E-state index contributed by atoms with van der Waals surface area (Å²) in [6, 6.07) is 5.83. The van der Waals surface area contributed by atoms with Crippen molar-refractivity contribution < 1.29 is 27.0 Å². The Morgan fingerprint density at radius 3 is 2.86 bits per heavy atom. The maximum atomic E-state index is 13.8. The number of thioether (sulfide) groups is 1. The van der Waals surface area contributed by atoms with Crippen LogP contribution in [0.2, 0.25) is 0 Å². The molecule has 1 fully saturated rings. The Morgan fingerprint density at radius 2 is 2.14 bits per heavy atom. The number of aromatic nitrogens is 2. The first-order valence-corrected chi connectivity index (χ1v) is 12.4. The summed E-state index contributed by atoms with van der Waals surface area (Å²) < 4.78 is 48.8. The van der Waals surface area contributed by atoms with Crippen molar-refractivity contribution >= 4 is 45.1 Å². The topological polar surface area (TPSA) is 69.8 Å². The van der Waals surface area contributed by atoms with E-state index in [-0.39, 0.29) is 11.3 Å². The molecule has 0 unspecified atom stereocenters. The van der Waals surface area contributed by atoms with Gasteiger partial charge in [-0.05, 0) is 38.2 Å². The largest absolute Gasteiger partial charge is 0.465 e. The Balaban J connectivity index is 1.64. The molecule has 2 heterocycles. The molecule has 0 atom stereocenters. The van der Waals surface area contributed by atoms with Crippen LogP contribution in [0.15, 0.2) is 29.4 Å². The van der Waals surface area contributed by atoms with Gasteiger partial charge in [0.15, 0.2) is 23.8 Å². The number of quaternary nitrogens is 1. The zero-order valence-electron chi connectivity index (χ0n) is 15.3. The highest BCUT2D eigenvalue weighted by atomic mass is 32.2. The van der Waals surface area contributed by atoms with Gasteiger partial charge in [-0.15, -0.1) is 0 Å². The SMILES string of the molecule is C=S1(=O)CC[NH+](SNc2cc(OC)[nH+]c(SCc3cccc(F)c3F)n2)CC1. The first kappa shape index (κ1) is 21.2. The van der Waals surface area contributed by atoms with Gasteiger partial charge in [-0.2, -0.15) is 0 Å². The molecule has 0 amide bonds. The van der Waals surface area contributed by atoms with Crippen LogP contribution in [0.1, 0.15) is 5.56 Å². The Hall–Kier alpha value is -1.56. The molecule has 11 heteroatoms. The van der Waals surface area contributed by atoms with Crippen molar-refractivity contribution in [2.75, 3.05) is 36.4 Å². The van der Waals surface area contributed by atoms with Crippen LogP contribution in [0.5, 0.6) is 5.88 Å². The molecule has 1 aliphatic rings. The zero-order chi connectivity index (χ0) is 20.1. The number of hydrogen-bond acceptors (Lipinski definition) is 6. The van der Waals surface area contributed by atoms with E-state index in [4.69, 9.17) is 4.74 Å². The van der Waals surface area contributed by atoms with Gasteiger partial charge >= 0.3 is 5.16 Å². The highest BCUT2D eigenvalue weighted by Gasteiger charge is 2.23. The van der Waals surface area contributed by atoms with Gasteiger partial charge in [-0.3, -0.25) is 8.51 Å². The van der Waals surface area contributed by atoms with E-state index in [9.17, 15) is 13.0 Å². The smallest absolute Gasteiger partial charge is 0.362 e. The summed E-state index contributed by atoms with van der Waals surface area (Å²) in [5.74, 6) is 4.58. The number of benzene rings is 1. The number of nitrogens with zero attached hydrogens (tertiary/aromatic N) is 1. The van der Waals surface area contributed by atoms with Gasteiger partial charge in [-0.25, -0.2) is 18.5 Å². The van der Waals surface area contributed by atoms with Crippen molar-refractivity contribution in [3.05, 3.63) is 41.5 Å². The van der Waals surface area contributed by atoms with Crippen molar-refractivity contribution in [2.24, 2.45) is 0 Å². The fourth-order valence-corrected chi connectivity index (χ4v) is 5.84. The van der Waals surface area contributed by atoms with E-state index in [2.05, 4.69) is 20.6 Å². The predicted octanol–water partition coefficient (Wildman–Crippen LogP) is 1.06. The van der Waals surface area contributed by atoms with Crippen LogP contribution in [0.3, 0.4) is 0 Å². The maximum absolute atomic E-state index is 13.8. The van der Waals surface area contributed by atoms with E-state index in [0.29, 0.717) is 28.4 Å². The third-order valence-electron chi connectivity index (χ3n) is 4.14. The average Bonchev–Trinajstić information content (AvgIpc) is 2.68. The second-order valence-corrected chi connectivity index (χ2v) is 11.0. The van der Waals surface area contributed by atoms with Crippen molar-refractivity contribution in [1.82, 2.24) is 4.98 Å². The number of rotatable bonds is 7. The van der Waals surface area contributed by atoms with Gasteiger partial charge in [0.05, 0.1) is 24.7 Å². The summed E-state index contributed by atoms with van der Waals surface area (Å²) in [5.41, 5.74) is 0.265. The molecule has 1 aromatic carbocycles. The van der Waals surface area contributed by atoms with Gasteiger partial charge < -0.3 is 4.74 Å². The van der Waals surface area contributed by atoms with Gasteiger partial charge in [0.2, 0.25) is 0 Å². The van der Waals surface area contributed by atoms with Gasteiger partial charge in [0.25, 0.3) is 11.7 Å². The monoisotopic (exact) mass is 448 g/mol. The average molecular weight is 449 g/mol. The number of anilines is 1. The van der Waals surface area contributed by atoms with Gasteiger partial charge in [0, 0.05) is 11.3 Å². The summed E-state index contributed by atoms with van der Waals surface area (Å²) in [4.78, 5) is 7.46. The fraction of sp³-hybridized carbons (Fsp3) is 0.353. The number of ether oxygens (including phenoxy) is 1. The van der Waals surface area contributed by atoms with Crippen LogP contribution < -0.4 is 18.7 Å². The standard InChI is InChI=1S/C17H20F2N4O2S3/c1-25-15-10-14(22-27-23-6-8-28(2,24)9-7-23)20-17(21-15)26-11-12-4-3-5-13(18)16(12)19/h3-5,10H,2,6-9,11H2,1H3,(H,20,21,22)/p+2. The van der Waals surface area contributed by atoms with Crippen LogP contribution in [-0.4, -0.2) is 46.8 Å². The van der Waals surface area contributed by atoms with E-state index in [1.54, 1.807) is 12.1 Å². The summed E-state index contributed by atoms with van der Waals surface area (Å²) in [7, 11) is -0.388. The molecule has 0 radical (unpaired) electrons. The number of H-pyrrole nitrogens is 1. The normalized spacial score (nSPS) is 22.0. The number of hydrogen-bond donors (Lipinski definition) is 2. The van der Waals surface area contributed by atoms with Crippen molar-refractivity contribution in [1.29, 1.82) is 0 Å². The Morgan fingerprint density at radius 1 is 1.39 bits per heavy atom. The van der Waals surface area contributed by atoms with Crippen LogP contribution in [0.4, 0.5) is 14.6 Å². The first-order valence-electron chi connectivity index (χ1n) is 8.50. The van der Waals surface area contributed by atoms with E-state index < -0.39 is 21.2 Å². The first-order chi connectivity index (χ1) is 13.4. The molecule has 28 heavy (non-hydrogen) atoms. The minimum atomic E-state index is -1.92. The minimum absolute atomic E-state index is 0.224. The van der Waals surface area contributed by atoms with Crippen LogP contribution >= 0.6 is 23.9 Å². The summed E-state index contributed by atoms with van der Waals surface area (Å²) >= 11 is 2.71. The molecular formula is C17H22F2N4O2S3+2. The molecule has 1 aromatic heterocycles. The number of aromatic amines is 1. The van der Waals surface area contributed by atoms with E-state index in [0.717, 1.165) is 19.2 Å².